The summed E-state index contributed by atoms with van der Waals surface area (Å²) in [4.78, 5) is 7.56. The Morgan fingerprint density at radius 2 is 1.80 bits per heavy atom. The zero-order valence-electron chi connectivity index (χ0n) is 10.1. The van der Waals surface area contributed by atoms with Crippen molar-refractivity contribution in [2.24, 2.45) is 5.41 Å². The summed E-state index contributed by atoms with van der Waals surface area (Å²) in [6.45, 7) is 6.51. The Kier molecular flexibility index (Phi) is 4.30. The molecular weight excluding hydrogens is 299 g/mol. The number of likely N-dealkylation sites (N-methyl/N-ethyl adjacent to an activating group) is 1. The van der Waals surface area contributed by atoms with Gasteiger partial charge in [0.1, 0.15) is 0 Å². The number of rotatable bonds is 5. The first kappa shape index (κ1) is 12.1. The van der Waals surface area contributed by atoms with Gasteiger partial charge in [0.25, 0.3) is 0 Å². The van der Waals surface area contributed by atoms with Crippen LogP contribution in [-0.4, -0.2) is 58.9 Å². The van der Waals surface area contributed by atoms with Crippen LogP contribution in [0, 0.1) is 5.41 Å². The second kappa shape index (κ2) is 5.32. The van der Waals surface area contributed by atoms with Crippen LogP contribution in [0.3, 0.4) is 0 Å². The molecule has 1 saturated heterocycles. The fourth-order valence-corrected chi connectivity index (χ4v) is 5.14. The fraction of sp³-hybridized carbons (Fsp3) is 1.00. The van der Waals surface area contributed by atoms with Crippen molar-refractivity contribution in [1.82, 2.24) is 9.80 Å². The van der Waals surface area contributed by atoms with Crippen molar-refractivity contribution >= 4 is 0 Å². The molecular formula is C12H24IN2-. The molecule has 0 atom stereocenters. The summed E-state index contributed by atoms with van der Waals surface area (Å²) in [5.41, 5.74) is 0.839. The topological polar surface area (TPSA) is 6.48 Å². The van der Waals surface area contributed by atoms with E-state index in [4.69, 9.17) is 0 Å². The normalized spacial score (nSPS) is 27.1. The van der Waals surface area contributed by atoms with E-state index in [-0.39, 0.29) is 0 Å². The first-order chi connectivity index (χ1) is 7.24. The number of alkyl halides is 2. The van der Waals surface area contributed by atoms with Crippen LogP contribution >= 0.6 is 0 Å². The van der Waals surface area contributed by atoms with Crippen LogP contribution < -0.4 is 21.2 Å². The standard InChI is InChI=1S/C12H24IN2/c1-13-11-12(3-4-12)5-6-15-9-7-14(2)8-10-15/h3-11H2,1-2H3/q-1. The van der Waals surface area contributed by atoms with E-state index in [0.717, 1.165) is 5.41 Å². The van der Waals surface area contributed by atoms with E-state index in [1.165, 1.54) is 52.0 Å². The molecule has 90 valence electrons. The van der Waals surface area contributed by atoms with Crippen molar-refractivity contribution in [3.05, 3.63) is 0 Å². The molecule has 0 bridgehead atoms. The molecule has 0 N–H and O–H groups in total. The van der Waals surface area contributed by atoms with Crippen LogP contribution in [0.25, 0.3) is 0 Å². The average Bonchev–Trinajstić information content (AvgIpc) is 2.99. The summed E-state index contributed by atoms with van der Waals surface area (Å²) in [6.07, 6.45) is 4.56. The van der Waals surface area contributed by atoms with Crippen molar-refractivity contribution in [3.63, 3.8) is 0 Å². The van der Waals surface area contributed by atoms with Gasteiger partial charge in [0.05, 0.1) is 0 Å². The van der Waals surface area contributed by atoms with Crippen molar-refractivity contribution < 1.29 is 21.2 Å². The monoisotopic (exact) mass is 323 g/mol. The number of nitrogens with zero attached hydrogens (tertiary/aromatic N) is 2. The van der Waals surface area contributed by atoms with E-state index in [9.17, 15) is 0 Å². The van der Waals surface area contributed by atoms with Gasteiger partial charge in [0.2, 0.25) is 0 Å². The summed E-state index contributed by atoms with van der Waals surface area (Å²) >= 11 is 0.515. The molecule has 0 unspecified atom stereocenters. The Labute approximate surface area is 105 Å². The molecule has 0 radical (unpaired) electrons. The second-order valence-corrected chi connectivity index (χ2v) is 7.58. The predicted octanol–water partition coefficient (Wildman–Crippen LogP) is -1.88. The van der Waals surface area contributed by atoms with E-state index in [2.05, 4.69) is 21.8 Å². The fourth-order valence-electron chi connectivity index (χ4n) is 2.38. The minimum atomic E-state index is 0.515. The van der Waals surface area contributed by atoms with Gasteiger partial charge in [-0.2, -0.15) is 0 Å². The maximum absolute atomic E-state index is 2.67. The molecule has 1 heterocycles. The molecule has 2 nitrogen and oxygen atoms in total. The Balaban J connectivity index is 1.65. The summed E-state index contributed by atoms with van der Waals surface area (Å²) in [5.74, 6) is 0. The first-order valence-corrected chi connectivity index (χ1v) is 9.77. The molecule has 0 aromatic carbocycles. The molecule has 0 aromatic rings. The number of halogens is 1. The predicted molar refractivity (Wildman–Crippen MR) is 61.0 cm³/mol. The third kappa shape index (κ3) is 3.56. The van der Waals surface area contributed by atoms with Crippen LogP contribution in [0.1, 0.15) is 19.3 Å². The molecule has 0 aromatic heterocycles. The first-order valence-electron chi connectivity index (χ1n) is 6.09. The number of piperazine rings is 1. The number of hydrogen-bond donors (Lipinski definition) is 0. The summed E-state index contributed by atoms with van der Waals surface area (Å²) in [6, 6.07) is 0. The van der Waals surface area contributed by atoms with Gasteiger partial charge < -0.3 is 0 Å². The molecule has 1 aliphatic heterocycles. The van der Waals surface area contributed by atoms with Crippen molar-refractivity contribution in [2.45, 2.75) is 19.3 Å². The zero-order valence-corrected chi connectivity index (χ0v) is 12.3. The van der Waals surface area contributed by atoms with Crippen LogP contribution in [0.4, 0.5) is 0 Å². The Hall–Kier alpha value is 0.650. The second-order valence-electron chi connectivity index (χ2n) is 5.30. The van der Waals surface area contributed by atoms with E-state index < -0.39 is 0 Å². The molecule has 1 aliphatic carbocycles. The van der Waals surface area contributed by atoms with E-state index in [1.54, 1.807) is 4.43 Å². The third-order valence-electron chi connectivity index (χ3n) is 3.93. The molecule has 2 rings (SSSR count). The summed E-state index contributed by atoms with van der Waals surface area (Å²) < 4.78 is 1.58. The van der Waals surface area contributed by atoms with Gasteiger partial charge in [0.15, 0.2) is 0 Å². The average molecular weight is 323 g/mol. The van der Waals surface area contributed by atoms with E-state index in [0.29, 0.717) is 21.2 Å². The van der Waals surface area contributed by atoms with Crippen molar-refractivity contribution in [1.29, 1.82) is 0 Å². The molecule has 2 aliphatic rings. The van der Waals surface area contributed by atoms with Crippen LogP contribution in [0.2, 0.25) is 0 Å². The molecule has 1 saturated carbocycles. The summed E-state index contributed by atoms with van der Waals surface area (Å²) in [5, 5.41) is 0. The Bertz CT molecular complexity index is 196. The molecule has 2 fully saturated rings. The van der Waals surface area contributed by atoms with Crippen LogP contribution in [0.15, 0.2) is 0 Å². The van der Waals surface area contributed by atoms with Crippen molar-refractivity contribution in [2.75, 3.05) is 49.1 Å². The van der Waals surface area contributed by atoms with Gasteiger partial charge in [-0.15, -0.1) is 0 Å². The molecule has 3 heteroatoms. The van der Waals surface area contributed by atoms with Crippen LogP contribution in [-0.2, 0) is 0 Å². The van der Waals surface area contributed by atoms with Gasteiger partial charge in [-0.05, 0) is 0 Å². The van der Waals surface area contributed by atoms with Gasteiger partial charge in [-0.25, -0.2) is 0 Å². The van der Waals surface area contributed by atoms with Crippen molar-refractivity contribution in [3.8, 4) is 0 Å². The Morgan fingerprint density at radius 1 is 1.13 bits per heavy atom. The number of hydrogen-bond acceptors (Lipinski definition) is 2. The zero-order chi connectivity index (χ0) is 10.7. The SMILES string of the molecule is C[I-]CC1(CCN2CCN(C)CC2)CC1. The maximum atomic E-state index is 2.67. The Morgan fingerprint density at radius 3 is 2.33 bits per heavy atom. The third-order valence-corrected chi connectivity index (χ3v) is 6.31. The van der Waals surface area contributed by atoms with Crippen LogP contribution in [0.5, 0.6) is 0 Å². The van der Waals surface area contributed by atoms with E-state index in [1.807, 2.05) is 0 Å². The van der Waals surface area contributed by atoms with Gasteiger partial charge >= 0.3 is 105 Å². The van der Waals surface area contributed by atoms with E-state index >= 15 is 0 Å². The van der Waals surface area contributed by atoms with Gasteiger partial charge in [0, 0.05) is 0 Å². The molecule has 0 amide bonds. The quantitative estimate of drug-likeness (QED) is 0.432. The molecule has 15 heavy (non-hydrogen) atoms. The van der Waals surface area contributed by atoms with Gasteiger partial charge in [-0.1, -0.05) is 0 Å². The summed E-state index contributed by atoms with van der Waals surface area (Å²) in [7, 11) is 2.24. The minimum absolute atomic E-state index is 0.515. The molecule has 0 spiro atoms. The van der Waals surface area contributed by atoms with Gasteiger partial charge in [-0.3, -0.25) is 0 Å².